The maximum absolute atomic E-state index is 12.4. The molecule has 0 aromatic heterocycles. The SMILES string of the molecule is COc1ccc(C(CNC(=O)CSCc2ccc(Cl)cc2)N2CCOCC2)cc1. The highest BCUT2D eigenvalue weighted by molar-refractivity contribution is 7.99. The predicted octanol–water partition coefficient (Wildman–Crippen LogP) is 3.77. The Morgan fingerprint density at radius 2 is 1.86 bits per heavy atom. The Bertz CT molecular complexity index is 765. The highest BCUT2D eigenvalue weighted by Crippen LogP contribution is 2.24. The molecule has 1 amide bonds. The van der Waals surface area contributed by atoms with Crippen LogP contribution >= 0.6 is 23.4 Å². The fourth-order valence-corrected chi connectivity index (χ4v) is 4.22. The van der Waals surface area contributed by atoms with E-state index in [1.807, 2.05) is 36.4 Å². The summed E-state index contributed by atoms with van der Waals surface area (Å²) in [5.41, 5.74) is 2.33. The molecule has 1 aliphatic rings. The maximum atomic E-state index is 12.4. The van der Waals surface area contributed by atoms with Crippen LogP contribution in [-0.4, -0.2) is 56.5 Å². The van der Waals surface area contributed by atoms with Crippen LogP contribution in [0, 0.1) is 0 Å². The zero-order chi connectivity index (χ0) is 20.5. The Morgan fingerprint density at radius 3 is 2.52 bits per heavy atom. The van der Waals surface area contributed by atoms with E-state index < -0.39 is 0 Å². The van der Waals surface area contributed by atoms with Gasteiger partial charge >= 0.3 is 0 Å². The van der Waals surface area contributed by atoms with E-state index in [9.17, 15) is 4.79 Å². The zero-order valence-electron chi connectivity index (χ0n) is 16.6. The van der Waals surface area contributed by atoms with E-state index in [4.69, 9.17) is 21.1 Å². The largest absolute Gasteiger partial charge is 0.497 e. The first-order valence-electron chi connectivity index (χ1n) is 9.70. The summed E-state index contributed by atoms with van der Waals surface area (Å²) in [5.74, 6) is 2.10. The molecule has 1 heterocycles. The molecule has 1 unspecified atom stereocenters. The van der Waals surface area contributed by atoms with Crippen LogP contribution < -0.4 is 10.1 Å². The molecule has 5 nitrogen and oxygen atoms in total. The predicted molar refractivity (Wildman–Crippen MR) is 119 cm³/mol. The molecule has 7 heteroatoms. The van der Waals surface area contributed by atoms with Crippen LogP contribution in [0.1, 0.15) is 17.2 Å². The minimum absolute atomic E-state index is 0.0516. The van der Waals surface area contributed by atoms with E-state index in [-0.39, 0.29) is 11.9 Å². The second kappa shape index (κ2) is 11.5. The zero-order valence-corrected chi connectivity index (χ0v) is 18.2. The molecule has 29 heavy (non-hydrogen) atoms. The number of benzene rings is 2. The number of methoxy groups -OCH3 is 1. The second-order valence-electron chi connectivity index (χ2n) is 6.86. The van der Waals surface area contributed by atoms with Crippen LogP contribution in [0.4, 0.5) is 0 Å². The Hall–Kier alpha value is -1.73. The summed E-state index contributed by atoms with van der Waals surface area (Å²) in [6.07, 6.45) is 0. The number of nitrogens with zero attached hydrogens (tertiary/aromatic N) is 1. The Morgan fingerprint density at radius 1 is 1.17 bits per heavy atom. The first-order chi connectivity index (χ1) is 14.2. The summed E-state index contributed by atoms with van der Waals surface area (Å²) in [6.45, 7) is 3.73. The Kier molecular flexibility index (Phi) is 8.68. The summed E-state index contributed by atoms with van der Waals surface area (Å²) >= 11 is 7.51. The van der Waals surface area contributed by atoms with Crippen molar-refractivity contribution in [2.45, 2.75) is 11.8 Å². The number of ether oxygens (including phenoxy) is 2. The van der Waals surface area contributed by atoms with Crippen molar-refractivity contribution < 1.29 is 14.3 Å². The Labute approximate surface area is 181 Å². The molecule has 1 fully saturated rings. The van der Waals surface area contributed by atoms with Gasteiger partial charge in [0.05, 0.1) is 32.1 Å². The third kappa shape index (κ3) is 6.93. The van der Waals surface area contributed by atoms with Gasteiger partial charge in [0.1, 0.15) is 5.75 Å². The molecule has 0 bridgehead atoms. The third-order valence-corrected chi connectivity index (χ3v) is 6.15. The summed E-state index contributed by atoms with van der Waals surface area (Å²) in [7, 11) is 1.66. The van der Waals surface area contributed by atoms with Crippen LogP contribution in [-0.2, 0) is 15.3 Å². The fraction of sp³-hybridized carbons (Fsp3) is 0.409. The summed E-state index contributed by atoms with van der Waals surface area (Å²) in [5, 5.41) is 3.83. The summed E-state index contributed by atoms with van der Waals surface area (Å²) in [6, 6.07) is 15.9. The molecule has 156 valence electrons. The molecule has 0 aliphatic carbocycles. The first-order valence-corrected chi connectivity index (χ1v) is 11.2. The van der Waals surface area contributed by atoms with Crippen LogP contribution in [0.3, 0.4) is 0 Å². The van der Waals surface area contributed by atoms with Crippen molar-refractivity contribution in [1.29, 1.82) is 0 Å². The molecule has 0 radical (unpaired) electrons. The van der Waals surface area contributed by atoms with Crippen molar-refractivity contribution in [2.24, 2.45) is 0 Å². The topological polar surface area (TPSA) is 50.8 Å². The molecule has 3 rings (SSSR count). The van der Waals surface area contributed by atoms with Crippen molar-refractivity contribution in [3.63, 3.8) is 0 Å². The lowest BCUT2D eigenvalue weighted by Gasteiger charge is -2.35. The van der Waals surface area contributed by atoms with Gasteiger partial charge in [-0.05, 0) is 35.4 Å². The monoisotopic (exact) mass is 434 g/mol. The molecule has 1 aliphatic heterocycles. The number of nitrogens with one attached hydrogen (secondary N) is 1. The summed E-state index contributed by atoms with van der Waals surface area (Å²) in [4.78, 5) is 14.8. The minimum Gasteiger partial charge on any atom is -0.497 e. The standard InChI is InChI=1S/C22H27ClN2O3S/c1-27-20-8-4-18(5-9-20)21(25-10-12-28-13-11-25)14-24-22(26)16-29-15-17-2-6-19(23)7-3-17/h2-9,21H,10-16H2,1H3,(H,24,26). The van der Waals surface area contributed by atoms with E-state index in [0.717, 1.165) is 48.4 Å². The average molecular weight is 435 g/mol. The van der Waals surface area contributed by atoms with Crippen molar-refractivity contribution in [1.82, 2.24) is 10.2 Å². The molecular formula is C22H27ClN2O3S. The van der Waals surface area contributed by atoms with E-state index in [2.05, 4.69) is 22.3 Å². The maximum Gasteiger partial charge on any atom is 0.230 e. The van der Waals surface area contributed by atoms with Gasteiger partial charge in [0.2, 0.25) is 5.91 Å². The number of morpholine rings is 1. The summed E-state index contributed by atoms with van der Waals surface area (Å²) < 4.78 is 10.8. The molecule has 0 spiro atoms. The quantitative estimate of drug-likeness (QED) is 0.651. The average Bonchev–Trinajstić information content (AvgIpc) is 2.76. The molecule has 2 aromatic rings. The normalized spacial score (nSPS) is 15.7. The number of amides is 1. The van der Waals surface area contributed by atoms with Gasteiger partial charge in [-0.1, -0.05) is 35.9 Å². The number of halogens is 1. The Balaban J connectivity index is 1.52. The van der Waals surface area contributed by atoms with Crippen LogP contribution in [0.5, 0.6) is 5.75 Å². The molecular weight excluding hydrogens is 408 g/mol. The van der Waals surface area contributed by atoms with Crippen molar-refractivity contribution in [3.8, 4) is 5.75 Å². The number of thioether (sulfide) groups is 1. The smallest absolute Gasteiger partial charge is 0.230 e. The lowest BCUT2D eigenvalue weighted by molar-refractivity contribution is -0.118. The van der Waals surface area contributed by atoms with Crippen molar-refractivity contribution in [2.75, 3.05) is 45.7 Å². The molecule has 1 N–H and O–H groups in total. The highest BCUT2D eigenvalue weighted by Gasteiger charge is 2.23. The van der Waals surface area contributed by atoms with Gasteiger partial charge in [-0.15, -0.1) is 11.8 Å². The number of hydrogen-bond acceptors (Lipinski definition) is 5. The minimum atomic E-state index is 0.0516. The van der Waals surface area contributed by atoms with E-state index >= 15 is 0 Å². The van der Waals surface area contributed by atoms with Gasteiger partial charge in [0, 0.05) is 30.4 Å². The molecule has 2 aromatic carbocycles. The van der Waals surface area contributed by atoms with Gasteiger partial charge in [-0.25, -0.2) is 0 Å². The van der Waals surface area contributed by atoms with E-state index in [0.29, 0.717) is 12.3 Å². The highest BCUT2D eigenvalue weighted by atomic mass is 35.5. The van der Waals surface area contributed by atoms with Crippen LogP contribution in [0.15, 0.2) is 48.5 Å². The number of hydrogen-bond donors (Lipinski definition) is 1. The van der Waals surface area contributed by atoms with Crippen LogP contribution in [0.2, 0.25) is 5.02 Å². The third-order valence-electron chi connectivity index (χ3n) is 4.89. The number of carbonyl (C=O) groups excluding carboxylic acids is 1. The second-order valence-corrected chi connectivity index (χ2v) is 8.28. The first kappa shape index (κ1) is 22.0. The fourth-order valence-electron chi connectivity index (χ4n) is 3.28. The van der Waals surface area contributed by atoms with Crippen molar-refractivity contribution >= 4 is 29.3 Å². The lowest BCUT2D eigenvalue weighted by Crippen LogP contribution is -2.44. The van der Waals surface area contributed by atoms with Gasteiger partial charge in [0.25, 0.3) is 0 Å². The van der Waals surface area contributed by atoms with E-state index in [1.165, 1.54) is 5.56 Å². The van der Waals surface area contributed by atoms with Gasteiger partial charge in [0.15, 0.2) is 0 Å². The van der Waals surface area contributed by atoms with Gasteiger partial charge in [-0.2, -0.15) is 0 Å². The number of carbonyl (C=O) groups is 1. The lowest BCUT2D eigenvalue weighted by atomic mass is 10.0. The van der Waals surface area contributed by atoms with Gasteiger partial charge < -0.3 is 14.8 Å². The van der Waals surface area contributed by atoms with Crippen molar-refractivity contribution in [3.05, 3.63) is 64.7 Å². The molecule has 1 saturated heterocycles. The molecule has 1 atom stereocenters. The number of rotatable bonds is 9. The van der Waals surface area contributed by atoms with Crippen LogP contribution in [0.25, 0.3) is 0 Å². The molecule has 0 saturated carbocycles. The van der Waals surface area contributed by atoms with Gasteiger partial charge in [-0.3, -0.25) is 9.69 Å². The van der Waals surface area contributed by atoms with E-state index in [1.54, 1.807) is 18.9 Å².